The molecule has 1 nitrogen and oxygen atoms in total. The van der Waals surface area contributed by atoms with Crippen molar-refractivity contribution in [2.24, 2.45) is 0 Å². The summed E-state index contributed by atoms with van der Waals surface area (Å²) in [4.78, 5) is 0. The van der Waals surface area contributed by atoms with Crippen LogP contribution in [0.5, 0.6) is 0 Å². The van der Waals surface area contributed by atoms with Crippen molar-refractivity contribution in [3.63, 3.8) is 0 Å². The van der Waals surface area contributed by atoms with E-state index in [2.05, 4.69) is 57.3 Å². The van der Waals surface area contributed by atoms with E-state index in [4.69, 9.17) is 0 Å². The van der Waals surface area contributed by atoms with E-state index in [1.165, 1.54) is 11.3 Å². The van der Waals surface area contributed by atoms with Gasteiger partial charge in [-0.3, -0.25) is 0 Å². The fraction of sp³-hybridized carbons (Fsp3) is 0.500. The number of hydrogen-bond donors (Lipinski definition) is 1. The van der Waals surface area contributed by atoms with Crippen molar-refractivity contribution in [2.75, 3.05) is 5.32 Å². The van der Waals surface area contributed by atoms with E-state index < -0.39 is 0 Å². The summed E-state index contributed by atoms with van der Waals surface area (Å²) in [5.74, 6) is 0. The van der Waals surface area contributed by atoms with E-state index in [1.54, 1.807) is 0 Å². The SMILES string of the molecule is CCc1ccccc1NC(C)(C)C. The van der Waals surface area contributed by atoms with Crippen molar-refractivity contribution in [3.8, 4) is 0 Å². The zero-order valence-electron chi connectivity index (χ0n) is 9.02. The minimum Gasteiger partial charge on any atom is -0.380 e. The number of aryl methyl sites for hydroxylation is 1. The second-order valence-electron chi connectivity index (χ2n) is 4.39. The van der Waals surface area contributed by atoms with Crippen LogP contribution in [0.3, 0.4) is 0 Å². The van der Waals surface area contributed by atoms with Crippen LogP contribution in [0.15, 0.2) is 24.3 Å². The summed E-state index contributed by atoms with van der Waals surface area (Å²) in [6, 6.07) is 8.48. The Morgan fingerprint density at radius 2 is 1.77 bits per heavy atom. The first-order chi connectivity index (χ1) is 6.03. The van der Waals surface area contributed by atoms with Crippen LogP contribution in [0, 0.1) is 0 Å². The maximum Gasteiger partial charge on any atom is 0.0376 e. The van der Waals surface area contributed by atoms with Gasteiger partial charge in [-0.05, 0) is 38.8 Å². The van der Waals surface area contributed by atoms with Crippen LogP contribution in [-0.2, 0) is 6.42 Å². The number of anilines is 1. The fourth-order valence-corrected chi connectivity index (χ4v) is 1.35. The van der Waals surface area contributed by atoms with Crippen molar-refractivity contribution in [1.29, 1.82) is 0 Å². The van der Waals surface area contributed by atoms with Gasteiger partial charge in [-0.2, -0.15) is 0 Å². The van der Waals surface area contributed by atoms with Crippen LogP contribution in [-0.4, -0.2) is 5.54 Å². The van der Waals surface area contributed by atoms with Gasteiger partial charge >= 0.3 is 0 Å². The van der Waals surface area contributed by atoms with E-state index in [1.807, 2.05) is 0 Å². The van der Waals surface area contributed by atoms with Gasteiger partial charge in [-0.25, -0.2) is 0 Å². The largest absolute Gasteiger partial charge is 0.380 e. The smallest absolute Gasteiger partial charge is 0.0376 e. The molecule has 0 radical (unpaired) electrons. The number of nitrogens with one attached hydrogen (secondary N) is 1. The Morgan fingerprint density at radius 1 is 1.15 bits per heavy atom. The minimum atomic E-state index is 0.144. The van der Waals surface area contributed by atoms with Crippen LogP contribution in [0.4, 0.5) is 5.69 Å². The number of benzene rings is 1. The van der Waals surface area contributed by atoms with Crippen molar-refractivity contribution in [1.82, 2.24) is 0 Å². The normalized spacial score (nSPS) is 11.4. The molecule has 0 amide bonds. The fourth-order valence-electron chi connectivity index (χ4n) is 1.35. The summed E-state index contributed by atoms with van der Waals surface area (Å²) in [6.07, 6.45) is 1.08. The Bertz CT molecular complexity index is 271. The maximum absolute atomic E-state index is 3.50. The third kappa shape index (κ3) is 3.10. The second kappa shape index (κ2) is 3.82. The first-order valence-corrected chi connectivity index (χ1v) is 4.89. The van der Waals surface area contributed by atoms with E-state index in [9.17, 15) is 0 Å². The minimum absolute atomic E-state index is 0.144. The third-order valence-corrected chi connectivity index (χ3v) is 1.91. The van der Waals surface area contributed by atoms with Gasteiger partial charge in [0, 0.05) is 11.2 Å². The Hall–Kier alpha value is -0.980. The lowest BCUT2D eigenvalue weighted by Gasteiger charge is -2.23. The maximum atomic E-state index is 3.50. The molecule has 0 bridgehead atoms. The number of rotatable bonds is 2. The average Bonchev–Trinajstić information content (AvgIpc) is 2.02. The molecule has 1 N–H and O–H groups in total. The number of hydrogen-bond acceptors (Lipinski definition) is 1. The highest BCUT2D eigenvalue weighted by atomic mass is 14.9. The van der Waals surface area contributed by atoms with Gasteiger partial charge in [-0.15, -0.1) is 0 Å². The Labute approximate surface area is 81.2 Å². The van der Waals surface area contributed by atoms with Gasteiger partial charge in [0.15, 0.2) is 0 Å². The molecular formula is C12H19N. The molecule has 0 atom stereocenters. The monoisotopic (exact) mass is 177 g/mol. The van der Waals surface area contributed by atoms with Crippen LogP contribution in [0.25, 0.3) is 0 Å². The summed E-state index contributed by atoms with van der Waals surface area (Å²) in [6.45, 7) is 8.72. The predicted octanol–water partition coefficient (Wildman–Crippen LogP) is 3.46. The molecule has 0 saturated carbocycles. The molecule has 0 aliphatic heterocycles. The van der Waals surface area contributed by atoms with Crippen molar-refractivity contribution in [2.45, 2.75) is 39.7 Å². The lowest BCUT2D eigenvalue weighted by molar-refractivity contribution is 0.633. The molecule has 0 spiro atoms. The Morgan fingerprint density at radius 3 is 2.31 bits per heavy atom. The van der Waals surface area contributed by atoms with Crippen LogP contribution < -0.4 is 5.32 Å². The molecule has 0 aromatic heterocycles. The molecule has 1 aromatic rings. The van der Waals surface area contributed by atoms with Crippen LogP contribution in [0.2, 0.25) is 0 Å². The topological polar surface area (TPSA) is 12.0 Å². The average molecular weight is 177 g/mol. The van der Waals surface area contributed by atoms with Crippen molar-refractivity contribution in [3.05, 3.63) is 29.8 Å². The molecule has 0 saturated heterocycles. The molecule has 1 aromatic carbocycles. The first-order valence-electron chi connectivity index (χ1n) is 4.89. The summed E-state index contributed by atoms with van der Waals surface area (Å²) in [5, 5.41) is 3.50. The molecule has 0 heterocycles. The predicted molar refractivity (Wildman–Crippen MR) is 59.2 cm³/mol. The summed E-state index contributed by atoms with van der Waals surface area (Å²) in [7, 11) is 0. The van der Waals surface area contributed by atoms with Gasteiger partial charge in [0.25, 0.3) is 0 Å². The molecule has 0 aliphatic rings. The lowest BCUT2D eigenvalue weighted by Crippen LogP contribution is -2.26. The molecule has 0 aliphatic carbocycles. The van der Waals surface area contributed by atoms with Crippen LogP contribution in [0.1, 0.15) is 33.3 Å². The molecule has 0 unspecified atom stereocenters. The van der Waals surface area contributed by atoms with Gasteiger partial charge < -0.3 is 5.32 Å². The molecule has 72 valence electrons. The summed E-state index contributed by atoms with van der Waals surface area (Å²) >= 11 is 0. The third-order valence-electron chi connectivity index (χ3n) is 1.91. The lowest BCUT2D eigenvalue weighted by atomic mass is 10.1. The second-order valence-corrected chi connectivity index (χ2v) is 4.39. The van der Waals surface area contributed by atoms with Gasteiger partial charge in [0.1, 0.15) is 0 Å². The van der Waals surface area contributed by atoms with Crippen LogP contribution >= 0.6 is 0 Å². The van der Waals surface area contributed by atoms with E-state index in [0.717, 1.165) is 6.42 Å². The van der Waals surface area contributed by atoms with E-state index in [0.29, 0.717) is 0 Å². The van der Waals surface area contributed by atoms with Gasteiger partial charge in [-0.1, -0.05) is 25.1 Å². The summed E-state index contributed by atoms with van der Waals surface area (Å²) in [5.41, 5.74) is 2.79. The first kappa shape index (κ1) is 10.1. The van der Waals surface area contributed by atoms with E-state index >= 15 is 0 Å². The zero-order chi connectivity index (χ0) is 9.90. The highest BCUT2D eigenvalue weighted by molar-refractivity contribution is 5.52. The van der Waals surface area contributed by atoms with Crippen molar-refractivity contribution >= 4 is 5.69 Å². The molecule has 1 heteroatoms. The quantitative estimate of drug-likeness (QED) is 0.729. The van der Waals surface area contributed by atoms with E-state index in [-0.39, 0.29) is 5.54 Å². The summed E-state index contributed by atoms with van der Waals surface area (Å²) < 4.78 is 0. The van der Waals surface area contributed by atoms with Gasteiger partial charge in [0.05, 0.1) is 0 Å². The Kier molecular flexibility index (Phi) is 2.97. The molecule has 0 fully saturated rings. The van der Waals surface area contributed by atoms with Crippen molar-refractivity contribution < 1.29 is 0 Å². The Balaban J connectivity index is 2.87. The molecule has 13 heavy (non-hydrogen) atoms. The number of para-hydroxylation sites is 1. The standard InChI is InChI=1S/C12H19N/c1-5-10-8-6-7-9-11(10)13-12(2,3)4/h6-9,13H,5H2,1-4H3. The zero-order valence-corrected chi connectivity index (χ0v) is 9.02. The highest BCUT2D eigenvalue weighted by Gasteiger charge is 2.10. The van der Waals surface area contributed by atoms with Gasteiger partial charge in [0.2, 0.25) is 0 Å². The molecular weight excluding hydrogens is 158 g/mol. The highest BCUT2D eigenvalue weighted by Crippen LogP contribution is 2.19. The molecule has 1 rings (SSSR count).